The van der Waals surface area contributed by atoms with Gasteiger partial charge in [-0.15, -0.1) is 0 Å². The third kappa shape index (κ3) is 4.81. The maximum Gasteiger partial charge on any atom is 0.294 e. The van der Waals surface area contributed by atoms with Crippen LogP contribution in [0.15, 0.2) is 35.2 Å². The SMILES string of the molecule is CCCCCc1ccc(CCCCC)c2cc(S(=O)(=O)O)ccc12. The molecule has 0 radical (unpaired) electrons. The first-order valence-electron chi connectivity index (χ1n) is 8.99. The van der Waals surface area contributed by atoms with Gasteiger partial charge in [-0.25, -0.2) is 0 Å². The number of benzene rings is 2. The van der Waals surface area contributed by atoms with Crippen molar-refractivity contribution in [2.45, 2.75) is 70.1 Å². The van der Waals surface area contributed by atoms with Crippen molar-refractivity contribution >= 4 is 20.9 Å². The Bertz CT molecular complexity index is 779. The molecule has 1 N–H and O–H groups in total. The molecule has 3 nitrogen and oxygen atoms in total. The van der Waals surface area contributed by atoms with Crippen LogP contribution in [0.4, 0.5) is 0 Å². The van der Waals surface area contributed by atoms with Gasteiger partial charge in [-0.2, -0.15) is 8.42 Å². The fourth-order valence-electron chi connectivity index (χ4n) is 3.18. The standard InChI is InChI=1S/C20H28O3S/c1-3-5-7-9-16-11-12-17(10-8-6-4-2)20-15-18(24(21,22)23)13-14-19(16)20/h11-15H,3-10H2,1-2H3,(H,21,22,23). The molecule has 2 aromatic rings. The molecule has 0 saturated carbocycles. The van der Waals surface area contributed by atoms with Crippen LogP contribution in [-0.2, 0) is 23.0 Å². The zero-order valence-corrected chi connectivity index (χ0v) is 15.5. The van der Waals surface area contributed by atoms with Gasteiger partial charge in [0.2, 0.25) is 0 Å². The van der Waals surface area contributed by atoms with E-state index in [0.717, 1.165) is 49.3 Å². The Labute approximate surface area is 145 Å². The van der Waals surface area contributed by atoms with Crippen molar-refractivity contribution in [3.05, 3.63) is 41.5 Å². The average molecular weight is 349 g/mol. The number of rotatable bonds is 9. The molecule has 0 aliphatic heterocycles. The van der Waals surface area contributed by atoms with E-state index in [-0.39, 0.29) is 4.90 Å². The largest absolute Gasteiger partial charge is 0.294 e. The zero-order valence-electron chi connectivity index (χ0n) is 14.7. The minimum Gasteiger partial charge on any atom is -0.282 e. The van der Waals surface area contributed by atoms with Crippen molar-refractivity contribution in [1.29, 1.82) is 0 Å². The number of fused-ring (bicyclic) bond motifs is 1. The average Bonchev–Trinajstić information content (AvgIpc) is 2.55. The summed E-state index contributed by atoms with van der Waals surface area (Å²) < 4.78 is 32.4. The van der Waals surface area contributed by atoms with Crippen LogP contribution < -0.4 is 0 Å². The van der Waals surface area contributed by atoms with Crippen molar-refractivity contribution in [2.75, 3.05) is 0 Å². The van der Waals surface area contributed by atoms with Crippen LogP contribution in [0, 0.1) is 0 Å². The molecule has 0 amide bonds. The maximum atomic E-state index is 11.5. The second-order valence-electron chi connectivity index (χ2n) is 6.48. The molecule has 4 heteroatoms. The van der Waals surface area contributed by atoms with Gasteiger partial charge in [-0.1, -0.05) is 57.7 Å². The smallest absolute Gasteiger partial charge is 0.282 e. The predicted octanol–water partition coefficient (Wildman–Crippen LogP) is 5.55. The van der Waals surface area contributed by atoms with Gasteiger partial charge < -0.3 is 0 Å². The van der Waals surface area contributed by atoms with Gasteiger partial charge in [0.05, 0.1) is 4.90 Å². The summed E-state index contributed by atoms with van der Waals surface area (Å²) in [5.74, 6) is 0. The quantitative estimate of drug-likeness (QED) is 0.477. The zero-order chi connectivity index (χ0) is 17.6. The normalized spacial score (nSPS) is 12.0. The van der Waals surface area contributed by atoms with Gasteiger partial charge in [0, 0.05) is 0 Å². The van der Waals surface area contributed by atoms with E-state index >= 15 is 0 Å². The van der Waals surface area contributed by atoms with Gasteiger partial charge in [0.1, 0.15) is 0 Å². The summed E-state index contributed by atoms with van der Waals surface area (Å²) >= 11 is 0. The van der Waals surface area contributed by atoms with Gasteiger partial charge >= 0.3 is 0 Å². The number of aryl methyl sites for hydroxylation is 2. The second kappa shape index (κ2) is 8.63. The molecule has 0 spiro atoms. The van der Waals surface area contributed by atoms with Crippen LogP contribution in [0.5, 0.6) is 0 Å². The molecular weight excluding hydrogens is 320 g/mol. The Morgan fingerprint density at radius 2 is 1.33 bits per heavy atom. The summed E-state index contributed by atoms with van der Waals surface area (Å²) in [6, 6.07) is 9.31. The molecule has 0 saturated heterocycles. The predicted molar refractivity (Wildman–Crippen MR) is 100 cm³/mol. The highest BCUT2D eigenvalue weighted by Crippen LogP contribution is 2.28. The fraction of sp³-hybridized carbons (Fsp3) is 0.500. The summed E-state index contributed by atoms with van der Waals surface area (Å²) in [6.07, 6.45) is 8.88. The van der Waals surface area contributed by atoms with Crippen LogP contribution in [0.1, 0.15) is 63.5 Å². The summed E-state index contributed by atoms with van der Waals surface area (Å²) in [7, 11) is -4.17. The van der Waals surface area contributed by atoms with E-state index in [9.17, 15) is 13.0 Å². The highest BCUT2D eigenvalue weighted by Gasteiger charge is 2.13. The second-order valence-corrected chi connectivity index (χ2v) is 7.90. The van der Waals surface area contributed by atoms with Crippen molar-refractivity contribution in [1.82, 2.24) is 0 Å². The summed E-state index contributed by atoms with van der Waals surface area (Å²) in [4.78, 5) is -0.0163. The lowest BCUT2D eigenvalue weighted by Gasteiger charge is -2.12. The Kier molecular flexibility index (Phi) is 6.81. The third-order valence-corrected chi connectivity index (χ3v) is 5.42. The molecule has 0 aromatic heterocycles. The topological polar surface area (TPSA) is 54.4 Å². The van der Waals surface area contributed by atoms with Crippen molar-refractivity contribution in [3.8, 4) is 0 Å². The van der Waals surface area contributed by atoms with Crippen LogP contribution in [-0.4, -0.2) is 13.0 Å². The first-order chi connectivity index (χ1) is 11.5. The summed E-state index contributed by atoms with van der Waals surface area (Å²) in [5.41, 5.74) is 2.43. The fourth-order valence-corrected chi connectivity index (χ4v) is 3.68. The lowest BCUT2D eigenvalue weighted by Crippen LogP contribution is -2.00. The van der Waals surface area contributed by atoms with E-state index < -0.39 is 10.1 Å². The van der Waals surface area contributed by atoms with Crippen molar-refractivity contribution in [2.24, 2.45) is 0 Å². The van der Waals surface area contributed by atoms with E-state index in [1.54, 1.807) is 6.07 Å². The molecule has 0 aliphatic carbocycles. The molecule has 24 heavy (non-hydrogen) atoms. The molecule has 0 heterocycles. The molecule has 0 fully saturated rings. The summed E-state index contributed by atoms with van der Waals surface area (Å²) in [6.45, 7) is 4.36. The summed E-state index contributed by atoms with van der Waals surface area (Å²) in [5, 5.41) is 2.09. The first-order valence-corrected chi connectivity index (χ1v) is 10.4. The van der Waals surface area contributed by atoms with Gasteiger partial charge in [-0.3, -0.25) is 4.55 Å². The molecule has 132 valence electrons. The monoisotopic (exact) mass is 348 g/mol. The van der Waals surface area contributed by atoms with Crippen LogP contribution in [0.25, 0.3) is 10.8 Å². The third-order valence-electron chi connectivity index (χ3n) is 4.57. The Morgan fingerprint density at radius 1 is 0.792 bits per heavy atom. The van der Waals surface area contributed by atoms with Gasteiger partial charge in [-0.05, 0) is 59.7 Å². The highest BCUT2D eigenvalue weighted by atomic mass is 32.2. The van der Waals surface area contributed by atoms with E-state index in [2.05, 4.69) is 26.0 Å². The maximum absolute atomic E-state index is 11.5. The van der Waals surface area contributed by atoms with E-state index in [4.69, 9.17) is 0 Å². The number of hydrogen-bond acceptors (Lipinski definition) is 2. The van der Waals surface area contributed by atoms with Crippen molar-refractivity contribution in [3.63, 3.8) is 0 Å². The van der Waals surface area contributed by atoms with Gasteiger partial charge in [0.15, 0.2) is 0 Å². The molecule has 0 bridgehead atoms. The molecule has 0 aliphatic rings. The Balaban J connectivity index is 2.46. The number of unbranched alkanes of at least 4 members (excludes halogenated alkanes) is 4. The Hall–Kier alpha value is -1.39. The molecule has 0 atom stereocenters. The van der Waals surface area contributed by atoms with Crippen molar-refractivity contribution < 1.29 is 13.0 Å². The molecule has 0 unspecified atom stereocenters. The molecule has 2 aromatic carbocycles. The number of hydrogen-bond donors (Lipinski definition) is 1. The molecule has 2 rings (SSSR count). The van der Waals surface area contributed by atoms with E-state index in [1.165, 1.54) is 30.0 Å². The van der Waals surface area contributed by atoms with E-state index in [1.807, 2.05) is 6.07 Å². The van der Waals surface area contributed by atoms with E-state index in [0.29, 0.717) is 0 Å². The lowest BCUT2D eigenvalue weighted by molar-refractivity contribution is 0.483. The van der Waals surface area contributed by atoms with Crippen LogP contribution >= 0.6 is 0 Å². The van der Waals surface area contributed by atoms with Gasteiger partial charge in [0.25, 0.3) is 10.1 Å². The molecular formula is C20H28O3S. The van der Waals surface area contributed by atoms with Crippen LogP contribution in [0.2, 0.25) is 0 Å². The highest BCUT2D eigenvalue weighted by molar-refractivity contribution is 7.85. The Morgan fingerprint density at radius 3 is 1.83 bits per heavy atom. The minimum atomic E-state index is -4.17. The lowest BCUT2D eigenvalue weighted by atomic mass is 9.94. The minimum absolute atomic E-state index is 0.0163. The van der Waals surface area contributed by atoms with Crippen LogP contribution in [0.3, 0.4) is 0 Å². The first kappa shape index (κ1) is 18.9.